The van der Waals surface area contributed by atoms with Gasteiger partial charge in [-0.25, -0.2) is 4.98 Å². The van der Waals surface area contributed by atoms with Crippen LogP contribution in [0.4, 0.5) is 0 Å². The summed E-state index contributed by atoms with van der Waals surface area (Å²) >= 11 is 0. The summed E-state index contributed by atoms with van der Waals surface area (Å²) < 4.78 is 1.51. The van der Waals surface area contributed by atoms with Gasteiger partial charge in [0.15, 0.2) is 5.82 Å². The molecule has 0 radical (unpaired) electrons. The fraction of sp³-hybridized carbons (Fsp3) is 0.300. The molecule has 0 aromatic carbocycles. The highest BCUT2D eigenvalue weighted by atomic mass is 15.5. The first-order chi connectivity index (χ1) is 7.88. The number of rotatable bonds is 3. The van der Waals surface area contributed by atoms with E-state index < -0.39 is 0 Å². The highest BCUT2D eigenvalue weighted by Gasteiger charge is 2.28. The average molecular weight is 214 g/mol. The maximum atomic E-state index is 4.53. The molecule has 0 saturated heterocycles. The van der Waals surface area contributed by atoms with Crippen LogP contribution in [0.25, 0.3) is 11.9 Å². The zero-order valence-corrected chi connectivity index (χ0v) is 8.61. The van der Waals surface area contributed by atoms with Crippen LogP contribution in [0.15, 0.2) is 19.1 Å². The highest BCUT2D eigenvalue weighted by Crippen LogP contribution is 2.40. The van der Waals surface area contributed by atoms with Gasteiger partial charge in [-0.15, -0.1) is 5.10 Å². The molecule has 1 saturated carbocycles. The van der Waals surface area contributed by atoms with Gasteiger partial charge in [-0.1, -0.05) is 6.58 Å². The molecular formula is C10H10N6. The van der Waals surface area contributed by atoms with Gasteiger partial charge in [0.25, 0.3) is 0 Å². The fourth-order valence-electron chi connectivity index (χ4n) is 1.59. The van der Waals surface area contributed by atoms with Crippen molar-refractivity contribution >= 4 is 6.08 Å². The number of nitrogens with zero attached hydrogens (tertiary/aromatic N) is 6. The average Bonchev–Trinajstić information content (AvgIpc) is 3.03. The highest BCUT2D eigenvalue weighted by molar-refractivity contribution is 5.47. The van der Waals surface area contributed by atoms with Crippen molar-refractivity contribution in [2.75, 3.05) is 0 Å². The van der Waals surface area contributed by atoms with Gasteiger partial charge in [0, 0.05) is 5.92 Å². The number of tetrazole rings is 1. The van der Waals surface area contributed by atoms with Crippen LogP contribution in [0.5, 0.6) is 0 Å². The Kier molecular flexibility index (Phi) is 1.99. The molecule has 2 heterocycles. The van der Waals surface area contributed by atoms with Crippen LogP contribution in [0.1, 0.15) is 30.1 Å². The lowest BCUT2D eigenvalue weighted by Crippen LogP contribution is -2.04. The van der Waals surface area contributed by atoms with Crippen molar-refractivity contribution in [2.24, 2.45) is 0 Å². The van der Waals surface area contributed by atoms with Gasteiger partial charge in [0.05, 0.1) is 17.6 Å². The van der Waals surface area contributed by atoms with E-state index in [1.807, 2.05) is 0 Å². The van der Waals surface area contributed by atoms with Gasteiger partial charge in [-0.2, -0.15) is 4.68 Å². The summed E-state index contributed by atoms with van der Waals surface area (Å²) in [6.45, 7) is 3.74. The Morgan fingerprint density at radius 3 is 2.94 bits per heavy atom. The van der Waals surface area contributed by atoms with Crippen molar-refractivity contribution < 1.29 is 0 Å². The number of hydrogen-bond acceptors (Lipinski definition) is 5. The summed E-state index contributed by atoms with van der Waals surface area (Å²) in [5.41, 5.74) is 1.86. The second-order valence-electron chi connectivity index (χ2n) is 3.73. The summed E-state index contributed by atoms with van der Waals surface area (Å²) in [5.74, 6) is 1.18. The van der Waals surface area contributed by atoms with Crippen LogP contribution in [0.3, 0.4) is 0 Å². The molecule has 6 heteroatoms. The van der Waals surface area contributed by atoms with E-state index in [9.17, 15) is 0 Å². The van der Waals surface area contributed by atoms with Gasteiger partial charge in [-0.05, 0) is 29.3 Å². The molecule has 1 aliphatic rings. The standard InChI is InChI=1S/C10H10N6/c1-2-8-10(7-3-4-7)13-9(5-11-8)16-6-12-14-15-16/h2,5-7H,1,3-4H2. The van der Waals surface area contributed by atoms with Crippen molar-refractivity contribution in [3.8, 4) is 5.82 Å². The first-order valence-electron chi connectivity index (χ1n) is 5.11. The van der Waals surface area contributed by atoms with E-state index in [1.165, 1.54) is 23.9 Å². The van der Waals surface area contributed by atoms with E-state index in [2.05, 4.69) is 32.1 Å². The van der Waals surface area contributed by atoms with Crippen LogP contribution in [-0.2, 0) is 0 Å². The van der Waals surface area contributed by atoms with Gasteiger partial charge in [-0.3, -0.25) is 4.98 Å². The molecule has 6 nitrogen and oxygen atoms in total. The van der Waals surface area contributed by atoms with Crippen molar-refractivity contribution in [3.05, 3.63) is 30.5 Å². The molecule has 16 heavy (non-hydrogen) atoms. The lowest BCUT2D eigenvalue weighted by atomic mass is 10.2. The lowest BCUT2D eigenvalue weighted by molar-refractivity contribution is 0.757. The molecule has 0 aliphatic heterocycles. The molecule has 0 bridgehead atoms. The fourth-order valence-corrected chi connectivity index (χ4v) is 1.59. The van der Waals surface area contributed by atoms with Crippen molar-refractivity contribution in [1.29, 1.82) is 0 Å². The lowest BCUT2D eigenvalue weighted by Gasteiger charge is -2.04. The van der Waals surface area contributed by atoms with E-state index in [-0.39, 0.29) is 0 Å². The van der Waals surface area contributed by atoms with Crippen LogP contribution in [0.2, 0.25) is 0 Å². The van der Waals surface area contributed by atoms with Crippen molar-refractivity contribution in [3.63, 3.8) is 0 Å². The Bertz CT molecular complexity index is 514. The first-order valence-corrected chi connectivity index (χ1v) is 5.11. The molecule has 2 aromatic heterocycles. The van der Waals surface area contributed by atoms with Crippen LogP contribution >= 0.6 is 0 Å². The van der Waals surface area contributed by atoms with E-state index in [0.29, 0.717) is 11.7 Å². The van der Waals surface area contributed by atoms with E-state index in [1.54, 1.807) is 12.3 Å². The summed E-state index contributed by atoms with van der Waals surface area (Å²) in [6.07, 6.45) is 7.25. The van der Waals surface area contributed by atoms with Gasteiger partial charge in [0.2, 0.25) is 0 Å². The van der Waals surface area contributed by atoms with Gasteiger partial charge < -0.3 is 0 Å². The maximum absolute atomic E-state index is 4.53. The minimum absolute atomic E-state index is 0.525. The summed E-state index contributed by atoms with van der Waals surface area (Å²) in [7, 11) is 0. The molecule has 0 atom stereocenters. The van der Waals surface area contributed by atoms with E-state index in [0.717, 1.165) is 11.4 Å². The largest absolute Gasteiger partial charge is 0.251 e. The molecule has 1 aliphatic carbocycles. The van der Waals surface area contributed by atoms with Crippen LogP contribution in [-0.4, -0.2) is 30.2 Å². The third-order valence-corrected chi connectivity index (χ3v) is 2.56. The Balaban J connectivity index is 2.08. The molecular weight excluding hydrogens is 204 g/mol. The predicted molar refractivity (Wildman–Crippen MR) is 56.8 cm³/mol. The molecule has 3 rings (SSSR count). The third kappa shape index (κ3) is 1.48. The molecule has 0 spiro atoms. The van der Waals surface area contributed by atoms with Crippen LogP contribution < -0.4 is 0 Å². The Morgan fingerprint density at radius 1 is 1.44 bits per heavy atom. The molecule has 2 aromatic rings. The minimum Gasteiger partial charge on any atom is -0.251 e. The van der Waals surface area contributed by atoms with E-state index in [4.69, 9.17) is 0 Å². The van der Waals surface area contributed by atoms with Gasteiger partial charge in [0.1, 0.15) is 6.33 Å². The predicted octanol–water partition coefficient (Wildman–Crippen LogP) is 0.973. The SMILES string of the molecule is C=Cc1ncc(-n2cnnn2)nc1C1CC1. The van der Waals surface area contributed by atoms with Crippen molar-refractivity contribution in [1.82, 2.24) is 30.2 Å². The van der Waals surface area contributed by atoms with E-state index >= 15 is 0 Å². The third-order valence-electron chi connectivity index (χ3n) is 2.56. The smallest absolute Gasteiger partial charge is 0.175 e. The second kappa shape index (κ2) is 3.48. The number of hydrogen-bond donors (Lipinski definition) is 0. The summed E-state index contributed by atoms with van der Waals surface area (Å²) in [5, 5.41) is 10.9. The second-order valence-corrected chi connectivity index (χ2v) is 3.73. The number of aromatic nitrogens is 6. The maximum Gasteiger partial charge on any atom is 0.175 e. The Labute approximate surface area is 92.0 Å². The molecule has 0 amide bonds. The monoisotopic (exact) mass is 214 g/mol. The topological polar surface area (TPSA) is 69.4 Å². The molecule has 1 fully saturated rings. The molecule has 80 valence electrons. The molecule has 0 N–H and O–H groups in total. The Hall–Kier alpha value is -2.11. The minimum atomic E-state index is 0.525. The quantitative estimate of drug-likeness (QED) is 0.761. The van der Waals surface area contributed by atoms with Crippen LogP contribution in [0, 0.1) is 0 Å². The molecule has 0 unspecified atom stereocenters. The van der Waals surface area contributed by atoms with Gasteiger partial charge >= 0.3 is 0 Å². The summed E-state index contributed by atoms with van der Waals surface area (Å²) in [6, 6.07) is 0. The zero-order valence-electron chi connectivity index (χ0n) is 8.61. The normalized spacial score (nSPS) is 15.0. The Morgan fingerprint density at radius 2 is 2.31 bits per heavy atom. The van der Waals surface area contributed by atoms with Crippen molar-refractivity contribution in [2.45, 2.75) is 18.8 Å². The first kappa shape index (κ1) is 9.14. The zero-order chi connectivity index (χ0) is 11.0. The summed E-state index contributed by atoms with van der Waals surface area (Å²) in [4.78, 5) is 8.85.